The van der Waals surface area contributed by atoms with Gasteiger partial charge in [-0.05, 0) is 50.7 Å². The van der Waals surface area contributed by atoms with E-state index < -0.39 is 0 Å². The van der Waals surface area contributed by atoms with Gasteiger partial charge < -0.3 is 19.9 Å². The van der Waals surface area contributed by atoms with Gasteiger partial charge in [0.1, 0.15) is 5.82 Å². The van der Waals surface area contributed by atoms with Crippen LogP contribution in [0.1, 0.15) is 55.8 Å². The number of hydrogen-bond acceptors (Lipinski definition) is 5. The number of carbonyl (C=O) groups excluding carboxylic acids is 2. The van der Waals surface area contributed by atoms with Crippen LogP contribution >= 0.6 is 0 Å². The van der Waals surface area contributed by atoms with Gasteiger partial charge in [-0.1, -0.05) is 6.92 Å². The van der Waals surface area contributed by atoms with E-state index in [2.05, 4.69) is 17.2 Å². The van der Waals surface area contributed by atoms with Crippen LogP contribution in [0.5, 0.6) is 0 Å². The number of pyridine rings is 1. The van der Waals surface area contributed by atoms with E-state index in [1.807, 2.05) is 30.0 Å². The van der Waals surface area contributed by atoms with Gasteiger partial charge in [-0.15, -0.1) is 0 Å². The van der Waals surface area contributed by atoms with Crippen LogP contribution < -0.4 is 10.2 Å². The van der Waals surface area contributed by atoms with Crippen molar-refractivity contribution in [3.05, 3.63) is 23.9 Å². The molecule has 1 aliphatic carbocycles. The largest absolute Gasteiger partial charge is 0.376 e. The second kappa shape index (κ2) is 10.1. The molecule has 1 aromatic heterocycles. The van der Waals surface area contributed by atoms with Gasteiger partial charge >= 0.3 is 0 Å². The summed E-state index contributed by atoms with van der Waals surface area (Å²) in [5.41, 5.74) is 0.526. The Labute approximate surface area is 173 Å². The molecule has 1 saturated heterocycles. The lowest BCUT2D eigenvalue weighted by Crippen LogP contribution is -2.50. The van der Waals surface area contributed by atoms with Crippen LogP contribution in [0.3, 0.4) is 0 Å². The Bertz CT molecular complexity index is 686. The number of nitrogens with zero attached hydrogens (tertiary/aromatic N) is 3. The fourth-order valence-corrected chi connectivity index (χ4v) is 4.22. The van der Waals surface area contributed by atoms with Gasteiger partial charge in [-0.2, -0.15) is 0 Å². The van der Waals surface area contributed by atoms with Crippen molar-refractivity contribution in [2.24, 2.45) is 5.92 Å². The molecule has 2 aliphatic rings. The van der Waals surface area contributed by atoms with Crippen LogP contribution in [0.15, 0.2) is 18.3 Å². The Morgan fingerprint density at radius 1 is 1.24 bits per heavy atom. The number of hydrogen-bond donors (Lipinski definition) is 1. The zero-order valence-electron chi connectivity index (χ0n) is 17.9. The Hall–Kier alpha value is -2.15. The molecule has 2 amide bonds. The fraction of sp³-hybridized carbons (Fsp3) is 0.682. The quantitative estimate of drug-likeness (QED) is 0.758. The summed E-state index contributed by atoms with van der Waals surface area (Å²) in [5.74, 6) is 0.855. The van der Waals surface area contributed by atoms with Crippen LogP contribution in [-0.2, 0) is 9.53 Å². The molecule has 7 nitrogen and oxygen atoms in total. The van der Waals surface area contributed by atoms with Gasteiger partial charge in [0, 0.05) is 45.9 Å². The van der Waals surface area contributed by atoms with E-state index in [-0.39, 0.29) is 29.9 Å². The van der Waals surface area contributed by atoms with Crippen molar-refractivity contribution in [2.45, 2.75) is 57.6 Å². The first-order valence-electron chi connectivity index (χ1n) is 10.8. The summed E-state index contributed by atoms with van der Waals surface area (Å²) in [6, 6.07) is 3.46. The van der Waals surface area contributed by atoms with Gasteiger partial charge in [0.25, 0.3) is 5.91 Å². The molecule has 2 fully saturated rings. The van der Waals surface area contributed by atoms with Crippen molar-refractivity contribution in [2.75, 3.05) is 38.7 Å². The molecule has 0 bridgehead atoms. The Kier molecular flexibility index (Phi) is 7.47. The fourth-order valence-electron chi connectivity index (χ4n) is 4.22. The molecule has 0 spiro atoms. The maximum Gasteiger partial charge on any atom is 0.253 e. The molecule has 29 heavy (non-hydrogen) atoms. The van der Waals surface area contributed by atoms with E-state index >= 15 is 0 Å². The average molecular weight is 403 g/mol. The van der Waals surface area contributed by atoms with E-state index in [0.29, 0.717) is 18.6 Å². The van der Waals surface area contributed by atoms with Crippen LogP contribution in [0.25, 0.3) is 0 Å². The Morgan fingerprint density at radius 2 is 2.00 bits per heavy atom. The van der Waals surface area contributed by atoms with E-state index in [4.69, 9.17) is 4.74 Å². The van der Waals surface area contributed by atoms with Crippen molar-refractivity contribution >= 4 is 17.6 Å². The predicted octanol–water partition coefficient (Wildman–Crippen LogP) is 2.46. The zero-order chi connectivity index (χ0) is 20.8. The monoisotopic (exact) mass is 402 g/mol. The molecule has 7 heteroatoms. The van der Waals surface area contributed by atoms with Crippen LogP contribution in [0, 0.1) is 5.92 Å². The highest BCUT2D eigenvalue weighted by Gasteiger charge is 2.37. The first kappa shape index (κ1) is 21.6. The average Bonchev–Trinajstić information content (AvgIpc) is 3.27. The van der Waals surface area contributed by atoms with Gasteiger partial charge in [0.05, 0.1) is 17.7 Å². The molecule has 1 N–H and O–H groups in total. The number of ether oxygens (including phenoxy) is 1. The molecule has 0 unspecified atom stereocenters. The second-order valence-electron chi connectivity index (χ2n) is 8.33. The van der Waals surface area contributed by atoms with Gasteiger partial charge in [0.2, 0.25) is 5.91 Å². The number of nitrogens with one attached hydrogen (secondary N) is 1. The third-order valence-corrected chi connectivity index (χ3v) is 5.87. The highest BCUT2D eigenvalue weighted by Crippen LogP contribution is 2.30. The minimum atomic E-state index is -0.160. The van der Waals surface area contributed by atoms with Crippen molar-refractivity contribution in [1.29, 1.82) is 0 Å². The van der Waals surface area contributed by atoms with Crippen molar-refractivity contribution in [1.82, 2.24) is 15.2 Å². The minimum absolute atomic E-state index is 0.0332. The first-order chi connectivity index (χ1) is 14.0. The highest BCUT2D eigenvalue weighted by molar-refractivity contribution is 5.94. The number of rotatable bonds is 7. The van der Waals surface area contributed by atoms with E-state index in [1.165, 1.54) is 0 Å². The minimum Gasteiger partial charge on any atom is -0.376 e. The first-order valence-corrected chi connectivity index (χ1v) is 10.8. The third-order valence-electron chi connectivity index (χ3n) is 5.87. The summed E-state index contributed by atoms with van der Waals surface area (Å²) in [4.78, 5) is 33.9. The normalized spacial score (nSPS) is 24.4. The molecular formula is C22H34N4O3. The van der Waals surface area contributed by atoms with Crippen molar-refractivity contribution in [3.8, 4) is 0 Å². The molecule has 1 aliphatic heterocycles. The molecular weight excluding hydrogens is 368 g/mol. The Morgan fingerprint density at radius 3 is 2.62 bits per heavy atom. The molecule has 1 aromatic rings. The number of anilines is 1. The maximum atomic E-state index is 12.9. The SMILES string of the molecule is CCCO[C@@H]1CC[C@H](C(=O)N2CCCC2)C[C@H]1NC(=O)c1ccc(N(C)C)nc1. The molecule has 3 rings (SSSR count). The van der Waals surface area contributed by atoms with Crippen LogP contribution in [0.4, 0.5) is 5.82 Å². The molecule has 0 aromatic carbocycles. The van der Waals surface area contributed by atoms with Gasteiger partial charge in [-0.25, -0.2) is 4.98 Å². The summed E-state index contributed by atoms with van der Waals surface area (Å²) in [7, 11) is 3.83. The number of likely N-dealkylation sites (tertiary alicyclic amines) is 1. The smallest absolute Gasteiger partial charge is 0.253 e. The summed E-state index contributed by atoms with van der Waals surface area (Å²) in [6.07, 6.45) is 6.94. The Balaban J connectivity index is 1.67. The lowest BCUT2D eigenvalue weighted by Gasteiger charge is -2.37. The van der Waals surface area contributed by atoms with Gasteiger partial charge in [0.15, 0.2) is 0 Å². The number of amides is 2. The molecule has 0 radical (unpaired) electrons. The van der Waals surface area contributed by atoms with E-state index in [9.17, 15) is 9.59 Å². The van der Waals surface area contributed by atoms with Crippen LogP contribution in [0.2, 0.25) is 0 Å². The van der Waals surface area contributed by atoms with Gasteiger partial charge in [-0.3, -0.25) is 9.59 Å². The summed E-state index contributed by atoms with van der Waals surface area (Å²) in [5, 5.41) is 3.13. The lowest BCUT2D eigenvalue weighted by molar-refractivity contribution is -0.137. The third kappa shape index (κ3) is 5.47. The summed E-state index contributed by atoms with van der Waals surface area (Å²) >= 11 is 0. The number of carbonyl (C=O) groups is 2. The summed E-state index contributed by atoms with van der Waals surface area (Å²) < 4.78 is 6.02. The number of aromatic nitrogens is 1. The molecule has 3 atom stereocenters. The topological polar surface area (TPSA) is 74.8 Å². The molecule has 160 valence electrons. The molecule has 2 heterocycles. The van der Waals surface area contributed by atoms with Crippen molar-refractivity contribution < 1.29 is 14.3 Å². The highest BCUT2D eigenvalue weighted by atomic mass is 16.5. The summed E-state index contributed by atoms with van der Waals surface area (Å²) in [6.45, 7) is 4.48. The predicted molar refractivity (Wildman–Crippen MR) is 113 cm³/mol. The van der Waals surface area contributed by atoms with Crippen LogP contribution in [-0.4, -0.2) is 67.6 Å². The van der Waals surface area contributed by atoms with E-state index in [1.54, 1.807) is 12.3 Å². The van der Waals surface area contributed by atoms with E-state index in [0.717, 1.165) is 51.0 Å². The lowest BCUT2D eigenvalue weighted by atomic mass is 9.82. The molecule has 1 saturated carbocycles. The van der Waals surface area contributed by atoms with Crippen molar-refractivity contribution in [3.63, 3.8) is 0 Å². The maximum absolute atomic E-state index is 12.9. The standard InChI is InChI=1S/C22H34N4O3/c1-4-13-29-19-9-7-16(22(28)26-11-5-6-12-26)14-18(19)24-21(27)17-8-10-20(23-15-17)25(2)3/h8,10,15-16,18-19H,4-7,9,11-14H2,1-3H3,(H,24,27)/t16-,18+,19+/m0/s1. The second-order valence-corrected chi connectivity index (χ2v) is 8.33. The zero-order valence-corrected chi connectivity index (χ0v) is 17.9.